The first kappa shape index (κ1) is 13.0. The largest absolute Gasteiger partial charge is 0.507 e. The molecule has 2 amide bonds. The van der Waals surface area contributed by atoms with Crippen molar-refractivity contribution in [3.63, 3.8) is 0 Å². The number of urea groups is 1. The summed E-state index contributed by atoms with van der Waals surface area (Å²) in [6.45, 7) is 6.21. The Morgan fingerprint density at radius 2 is 2.12 bits per heavy atom. The Labute approximate surface area is 100 Å². The molecule has 0 unspecified atom stereocenters. The van der Waals surface area contributed by atoms with Crippen molar-refractivity contribution in [3.05, 3.63) is 29.3 Å². The number of hydrogen-bond donors (Lipinski definition) is 3. The molecule has 0 aliphatic carbocycles. The molecule has 0 saturated heterocycles. The van der Waals surface area contributed by atoms with Gasteiger partial charge in [0.2, 0.25) is 0 Å². The van der Waals surface area contributed by atoms with Gasteiger partial charge in [0, 0.05) is 5.56 Å². The average Bonchev–Trinajstić information content (AvgIpc) is 2.18. The van der Waals surface area contributed by atoms with Gasteiger partial charge in [0.25, 0.3) is 0 Å². The molecule has 5 nitrogen and oxygen atoms in total. The van der Waals surface area contributed by atoms with Crippen LogP contribution in [0.1, 0.15) is 31.9 Å². The van der Waals surface area contributed by atoms with Crippen LogP contribution in [0.15, 0.2) is 23.3 Å². The van der Waals surface area contributed by atoms with Gasteiger partial charge >= 0.3 is 6.03 Å². The molecule has 92 valence electrons. The molecule has 1 aromatic rings. The molecule has 17 heavy (non-hydrogen) atoms. The van der Waals surface area contributed by atoms with E-state index in [0.29, 0.717) is 5.56 Å². The Morgan fingerprint density at radius 1 is 1.47 bits per heavy atom. The lowest BCUT2D eigenvalue weighted by molar-refractivity contribution is 0.249. The number of rotatable bonds is 2. The summed E-state index contributed by atoms with van der Waals surface area (Å²) in [6.07, 6.45) is 1.36. The normalized spacial score (nSPS) is 11.7. The van der Waals surface area contributed by atoms with E-state index in [1.165, 1.54) is 6.21 Å². The molecular weight excluding hydrogens is 218 g/mol. The molecule has 0 bridgehead atoms. The molecule has 4 N–H and O–H groups in total. The van der Waals surface area contributed by atoms with Crippen LogP contribution >= 0.6 is 0 Å². The predicted molar refractivity (Wildman–Crippen MR) is 67.1 cm³/mol. The Balaban J connectivity index is 2.99. The van der Waals surface area contributed by atoms with Gasteiger partial charge in [-0.3, -0.25) is 0 Å². The zero-order valence-electron chi connectivity index (χ0n) is 10.2. The minimum Gasteiger partial charge on any atom is -0.507 e. The summed E-state index contributed by atoms with van der Waals surface area (Å²) >= 11 is 0. The SMILES string of the molecule is CC(C)(C)c1ccc(O)c(C=NNC(N)=O)c1. The van der Waals surface area contributed by atoms with E-state index in [0.717, 1.165) is 5.56 Å². The van der Waals surface area contributed by atoms with E-state index in [1.807, 2.05) is 12.1 Å². The summed E-state index contributed by atoms with van der Waals surface area (Å²) in [5, 5.41) is 13.2. The summed E-state index contributed by atoms with van der Waals surface area (Å²) in [4.78, 5) is 10.4. The number of nitrogens with two attached hydrogens (primary N) is 1. The Kier molecular flexibility index (Phi) is 3.73. The van der Waals surface area contributed by atoms with Gasteiger partial charge in [-0.15, -0.1) is 0 Å². The van der Waals surface area contributed by atoms with E-state index in [1.54, 1.807) is 6.07 Å². The number of primary amides is 1. The van der Waals surface area contributed by atoms with Gasteiger partial charge in [0.15, 0.2) is 0 Å². The van der Waals surface area contributed by atoms with Crippen molar-refractivity contribution >= 4 is 12.2 Å². The van der Waals surface area contributed by atoms with Crippen LogP contribution in [0, 0.1) is 0 Å². The van der Waals surface area contributed by atoms with E-state index in [4.69, 9.17) is 5.73 Å². The number of aromatic hydroxyl groups is 1. The third-order valence-electron chi connectivity index (χ3n) is 2.27. The zero-order valence-corrected chi connectivity index (χ0v) is 10.2. The maximum atomic E-state index is 10.4. The van der Waals surface area contributed by atoms with Crippen LogP contribution in [-0.2, 0) is 5.41 Å². The minimum absolute atomic E-state index is 0.0204. The lowest BCUT2D eigenvalue weighted by atomic mass is 9.86. The monoisotopic (exact) mass is 235 g/mol. The van der Waals surface area contributed by atoms with Crippen molar-refractivity contribution in [2.75, 3.05) is 0 Å². The molecule has 1 rings (SSSR count). The molecule has 0 aliphatic rings. The fourth-order valence-corrected chi connectivity index (χ4v) is 1.29. The summed E-state index contributed by atoms with van der Waals surface area (Å²) in [5.74, 6) is 0.105. The standard InChI is InChI=1S/C12H17N3O2/c1-12(2,3)9-4-5-10(16)8(6-9)7-14-15-11(13)17/h4-7,16H,1-3H3,(H3,13,15,17). The van der Waals surface area contributed by atoms with Crippen molar-refractivity contribution in [1.29, 1.82) is 0 Å². The van der Waals surface area contributed by atoms with Gasteiger partial charge in [-0.25, -0.2) is 10.2 Å². The third-order valence-corrected chi connectivity index (χ3v) is 2.27. The van der Waals surface area contributed by atoms with Gasteiger partial charge in [0.05, 0.1) is 6.21 Å². The quantitative estimate of drug-likeness (QED) is 0.538. The molecule has 0 aliphatic heterocycles. The molecule has 1 aromatic carbocycles. The molecule has 0 radical (unpaired) electrons. The summed E-state index contributed by atoms with van der Waals surface area (Å²) < 4.78 is 0. The van der Waals surface area contributed by atoms with Crippen LogP contribution in [0.2, 0.25) is 0 Å². The maximum Gasteiger partial charge on any atom is 0.332 e. The van der Waals surface area contributed by atoms with Crippen molar-refractivity contribution in [3.8, 4) is 5.75 Å². The smallest absolute Gasteiger partial charge is 0.332 e. The lowest BCUT2D eigenvalue weighted by Crippen LogP contribution is -2.24. The Morgan fingerprint density at radius 3 is 2.65 bits per heavy atom. The first-order chi connectivity index (χ1) is 7.80. The van der Waals surface area contributed by atoms with Gasteiger partial charge in [0.1, 0.15) is 5.75 Å². The molecule has 5 heteroatoms. The number of phenols is 1. The van der Waals surface area contributed by atoms with Crippen LogP contribution in [0.5, 0.6) is 5.75 Å². The second-order valence-corrected chi connectivity index (χ2v) is 4.76. The van der Waals surface area contributed by atoms with Crippen molar-refractivity contribution in [2.24, 2.45) is 10.8 Å². The van der Waals surface area contributed by atoms with Gasteiger partial charge < -0.3 is 10.8 Å². The Bertz CT molecular complexity index is 448. The second kappa shape index (κ2) is 4.86. The molecule has 0 aromatic heterocycles. The van der Waals surface area contributed by atoms with Gasteiger partial charge in [-0.05, 0) is 23.1 Å². The van der Waals surface area contributed by atoms with Gasteiger partial charge in [-0.2, -0.15) is 5.10 Å². The minimum atomic E-state index is -0.743. The van der Waals surface area contributed by atoms with E-state index in [-0.39, 0.29) is 11.2 Å². The maximum absolute atomic E-state index is 10.4. The van der Waals surface area contributed by atoms with Crippen LogP contribution in [0.25, 0.3) is 0 Å². The number of nitrogens with zero attached hydrogens (tertiary/aromatic N) is 1. The molecule has 0 fully saturated rings. The number of hydrazone groups is 1. The number of phenolic OH excluding ortho intramolecular Hbond substituents is 1. The van der Waals surface area contributed by atoms with E-state index >= 15 is 0 Å². The summed E-state index contributed by atoms with van der Waals surface area (Å²) in [6, 6.07) is 4.54. The van der Waals surface area contributed by atoms with Crippen molar-refractivity contribution in [2.45, 2.75) is 26.2 Å². The number of benzene rings is 1. The second-order valence-electron chi connectivity index (χ2n) is 4.76. The molecule has 0 atom stereocenters. The number of nitrogens with one attached hydrogen (secondary N) is 1. The lowest BCUT2D eigenvalue weighted by Gasteiger charge is -2.19. The number of amides is 2. The molecule has 0 saturated carbocycles. The number of carbonyl (C=O) groups excluding carboxylic acids is 1. The number of hydrogen-bond acceptors (Lipinski definition) is 3. The van der Waals surface area contributed by atoms with Crippen LogP contribution in [0.3, 0.4) is 0 Å². The Hall–Kier alpha value is -2.04. The highest BCUT2D eigenvalue weighted by Crippen LogP contribution is 2.26. The fourth-order valence-electron chi connectivity index (χ4n) is 1.29. The third kappa shape index (κ3) is 3.79. The molecule has 0 heterocycles. The highest BCUT2D eigenvalue weighted by molar-refractivity contribution is 5.84. The molecular formula is C12H17N3O2. The zero-order chi connectivity index (χ0) is 13.1. The van der Waals surface area contributed by atoms with Crippen molar-refractivity contribution in [1.82, 2.24) is 5.43 Å². The van der Waals surface area contributed by atoms with Crippen LogP contribution < -0.4 is 11.2 Å². The topological polar surface area (TPSA) is 87.7 Å². The highest BCUT2D eigenvalue weighted by atomic mass is 16.3. The predicted octanol–water partition coefficient (Wildman–Crippen LogP) is 1.69. The average molecular weight is 235 g/mol. The van der Waals surface area contributed by atoms with E-state index < -0.39 is 6.03 Å². The van der Waals surface area contributed by atoms with E-state index in [2.05, 4.69) is 31.3 Å². The van der Waals surface area contributed by atoms with Gasteiger partial charge in [-0.1, -0.05) is 26.8 Å². The highest BCUT2D eigenvalue weighted by Gasteiger charge is 2.14. The fraction of sp³-hybridized carbons (Fsp3) is 0.333. The first-order valence-electron chi connectivity index (χ1n) is 5.22. The summed E-state index contributed by atoms with van der Waals surface area (Å²) in [5.41, 5.74) is 8.52. The first-order valence-corrected chi connectivity index (χ1v) is 5.22. The summed E-state index contributed by atoms with van der Waals surface area (Å²) in [7, 11) is 0. The van der Waals surface area contributed by atoms with Crippen molar-refractivity contribution < 1.29 is 9.90 Å². The van der Waals surface area contributed by atoms with Crippen LogP contribution in [-0.4, -0.2) is 17.4 Å². The molecule has 0 spiro atoms. The van der Waals surface area contributed by atoms with Crippen LogP contribution in [0.4, 0.5) is 4.79 Å². The number of carbonyl (C=O) groups is 1. The van der Waals surface area contributed by atoms with E-state index in [9.17, 15) is 9.90 Å².